The zero-order chi connectivity index (χ0) is 17.7. The van der Waals surface area contributed by atoms with E-state index in [1.807, 2.05) is 0 Å². The van der Waals surface area contributed by atoms with Crippen LogP contribution in [-0.2, 0) is 37.2 Å². The molecule has 0 N–H and O–H groups in total. The fourth-order valence-electron chi connectivity index (χ4n) is 1.25. The van der Waals surface area contributed by atoms with Gasteiger partial charge in [-0.05, 0) is 13.8 Å². The summed E-state index contributed by atoms with van der Waals surface area (Å²) >= 11 is 0. The van der Waals surface area contributed by atoms with Crippen molar-refractivity contribution in [1.29, 1.82) is 10.5 Å². The Morgan fingerprint density at radius 2 is 1.57 bits per heavy atom. The van der Waals surface area contributed by atoms with Gasteiger partial charge in [-0.2, -0.15) is 10.5 Å². The molecular weight excluding hydrogens is 331 g/mol. The Hall–Kier alpha value is -1.97. The Morgan fingerprint density at radius 1 is 1.04 bits per heavy atom. The monoisotopic (exact) mass is 348 g/mol. The third-order valence-corrected chi connectivity index (χ3v) is 3.68. The number of rotatable bonds is 11. The Morgan fingerprint density at radius 3 is 2.04 bits per heavy atom. The van der Waals surface area contributed by atoms with Gasteiger partial charge in [-0.1, -0.05) is 0 Å². The summed E-state index contributed by atoms with van der Waals surface area (Å²) in [4.78, 5) is 23.3. The second-order valence-corrected chi connectivity index (χ2v) is 5.29. The highest BCUT2D eigenvalue weighted by Gasteiger charge is 2.36. The fraction of sp³-hybridized carbons (Fsp3) is 0.667. The third kappa shape index (κ3) is 8.91. The van der Waals surface area contributed by atoms with Crippen LogP contribution >= 0.6 is 7.82 Å². The molecule has 0 aromatic carbocycles. The zero-order valence-electron chi connectivity index (χ0n) is 12.7. The van der Waals surface area contributed by atoms with Crippen molar-refractivity contribution >= 4 is 19.8 Å². The summed E-state index contributed by atoms with van der Waals surface area (Å²) in [6.45, 7) is 1.89. The predicted molar refractivity (Wildman–Crippen MR) is 73.5 cm³/mol. The van der Waals surface area contributed by atoms with E-state index in [9.17, 15) is 14.2 Å². The van der Waals surface area contributed by atoms with Crippen LogP contribution in [0.1, 0.15) is 20.3 Å². The van der Waals surface area contributed by atoms with Gasteiger partial charge in [-0.25, -0.2) is 9.36 Å². The average Bonchev–Trinajstić information content (AvgIpc) is 2.50. The highest BCUT2D eigenvalue weighted by atomic mass is 31.2. The van der Waals surface area contributed by atoms with Crippen molar-refractivity contribution in [2.24, 2.45) is 0 Å². The van der Waals surface area contributed by atoms with Gasteiger partial charge in [0.2, 0.25) is 0 Å². The number of nitriles is 2. The van der Waals surface area contributed by atoms with E-state index in [0.29, 0.717) is 0 Å². The number of phosphoric acid groups is 1. The lowest BCUT2D eigenvalue weighted by molar-refractivity contribution is -0.158. The molecule has 128 valence electrons. The first-order valence-corrected chi connectivity index (χ1v) is 8.02. The van der Waals surface area contributed by atoms with Gasteiger partial charge in [0, 0.05) is 0 Å². The van der Waals surface area contributed by atoms with E-state index < -0.39 is 45.5 Å². The molecule has 11 heteroatoms. The van der Waals surface area contributed by atoms with E-state index in [1.54, 1.807) is 12.1 Å². The number of hydrogen-bond acceptors (Lipinski definition) is 10. The first kappa shape index (κ1) is 21.0. The maximum atomic E-state index is 12.3. The Bertz CT molecular complexity index is 514. The normalized spacial score (nSPS) is 11.8. The van der Waals surface area contributed by atoms with Crippen LogP contribution in [0.2, 0.25) is 0 Å². The Labute approximate surface area is 133 Å². The number of esters is 2. The number of carbonyl (C=O) groups excluding carboxylic acids is 2. The fourth-order valence-corrected chi connectivity index (χ4v) is 2.55. The lowest BCUT2D eigenvalue weighted by Gasteiger charge is -2.21. The SMILES string of the molecule is CCOP(=O)(OCC)OC(CC(=O)OCC#N)C(=O)OCC#N. The number of carbonyl (C=O) groups is 2. The Kier molecular flexibility index (Phi) is 10.6. The van der Waals surface area contributed by atoms with Crippen LogP contribution in [-0.4, -0.2) is 44.5 Å². The molecule has 0 aliphatic heterocycles. The second-order valence-electron chi connectivity index (χ2n) is 3.67. The van der Waals surface area contributed by atoms with E-state index in [4.69, 9.17) is 24.1 Å². The van der Waals surface area contributed by atoms with E-state index in [-0.39, 0.29) is 13.2 Å². The van der Waals surface area contributed by atoms with E-state index in [0.717, 1.165) is 0 Å². The minimum Gasteiger partial charge on any atom is -0.450 e. The molecule has 0 bridgehead atoms. The van der Waals surface area contributed by atoms with Crippen LogP contribution < -0.4 is 0 Å². The molecule has 0 aromatic heterocycles. The zero-order valence-corrected chi connectivity index (χ0v) is 13.6. The molecule has 1 atom stereocenters. The summed E-state index contributed by atoms with van der Waals surface area (Å²) < 4.78 is 35.9. The van der Waals surface area contributed by atoms with E-state index in [1.165, 1.54) is 13.8 Å². The van der Waals surface area contributed by atoms with Gasteiger partial charge >= 0.3 is 19.8 Å². The van der Waals surface area contributed by atoms with E-state index in [2.05, 4.69) is 9.47 Å². The molecule has 1 unspecified atom stereocenters. The average molecular weight is 348 g/mol. The van der Waals surface area contributed by atoms with Gasteiger partial charge in [0.25, 0.3) is 0 Å². The van der Waals surface area contributed by atoms with Crippen molar-refractivity contribution in [2.75, 3.05) is 26.4 Å². The van der Waals surface area contributed by atoms with Gasteiger partial charge in [0.15, 0.2) is 19.3 Å². The largest absolute Gasteiger partial charge is 0.475 e. The van der Waals surface area contributed by atoms with Crippen LogP contribution in [0.15, 0.2) is 0 Å². The molecule has 0 aliphatic carbocycles. The number of hydrogen-bond donors (Lipinski definition) is 0. The number of phosphoric ester groups is 1. The van der Waals surface area contributed by atoms with Crippen molar-refractivity contribution in [3.05, 3.63) is 0 Å². The first-order valence-electron chi connectivity index (χ1n) is 6.56. The van der Waals surface area contributed by atoms with Crippen molar-refractivity contribution in [3.63, 3.8) is 0 Å². The molecular formula is C12H17N2O8P. The molecule has 0 aliphatic rings. The molecule has 10 nitrogen and oxygen atoms in total. The summed E-state index contributed by atoms with van der Waals surface area (Å²) in [5.74, 6) is -2.06. The molecule has 0 radical (unpaired) electrons. The molecule has 0 saturated carbocycles. The van der Waals surface area contributed by atoms with Crippen LogP contribution in [0.25, 0.3) is 0 Å². The van der Waals surface area contributed by atoms with Crippen LogP contribution in [0.3, 0.4) is 0 Å². The summed E-state index contributed by atoms with van der Waals surface area (Å²) in [6, 6.07) is 3.14. The summed E-state index contributed by atoms with van der Waals surface area (Å²) in [6.07, 6.45) is -2.35. The quantitative estimate of drug-likeness (QED) is 0.392. The maximum absolute atomic E-state index is 12.3. The number of ether oxygens (including phenoxy) is 2. The van der Waals surface area contributed by atoms with Crippen molar-refractivity contribution in [2.45, 2.75) is 26.4 Å². The highest BCUT2D eigenvalue weighted by molar-refractivity contribution is 7.48. The lowest BCUT2D eigenvalue weighted by atomic mass is 10.2. The molecule has 0 spiro atoms. The van der Waals surface area contributed by atoms with Crippen molar-refractivity contribution in [1.82, 2.24) is 0 Å². The van der Waals surface area contributed by atoms with Crippen molar-refractivity contribution < 1.29 is 37.2 Å². The van der Waals surface area contributed by atoms with Crippen molar-refractivity contribution in [3.8, 4) is 12.1 Å². The first-order chi connectivity index (χ1) is 10.9. The van der Waals surface area contributed by atoms with Gasteiger partial charge < -0.3 is 9.47 Å². The maximum Gasteiger partial charge on any atom is 0.475 e. The topological polar surface area (TPSA) is 145 Å². The van der Waals surface area contributed by atoms with Crippen LogP contribution in [0, 0.1) is 22.7 Å². The molecule has 0 saturated heterocycles. The van der Waals surface area contributed by atoms with Gasteiger partial charge in [0.05, 0.1) is 19.6 Å². The highest BCUT2D eigenvalue weighted by Crippen LogP contribution is 2.50. The second kappa shape index (κ2) is 11.6. The van der Waals surface area contributed by atoms with Gasteiger partial charge in [-0.15, -0.1) is 0 Å². The summed E-state index contributed by atoms with van der Waals surface area (Å²) in [5.41, 5.74) is 0. The summed E-state index contributed by atoms with van der Waals surface area (Å²) in [7, 11) is -4.10. The van der Waals surface area contributed by atoms with Gasteiger partial charge in [0.1, 0.15) is 12.1 Å². The van der Waals surface area contributed by atoms with Crippen LogP contribution in [0.4, 0.5) is 0 Å². The standard InChI is InChI=1S/C12H17N2O8P/c1-3-20-23(17,21-4-2)22-10(12(16)19-8-6-14)9-11(15)18-7-5-13/h10H,3-4,7-9H2,1-2H3. The number of nitrogens with zero attached hydrogens (tertiary/aromatic N) is 2. The Balaban J connectivity index is 5.05. The molecule has 0 rings (SSSR count). The summed E-state index contributed by atoms with van der Waals surface area (Å²) in [5, 5.41) is 16.7. The van der Waals surface area contributed by atoms with Gasteiger partial charge in [-0.3, -0.25) is 18.4 Å². The minimum atomic E-state index is -4.10. The minimum absolute atomic E-state index is 0.0316. The molecule has 0 amide bonds. The molecule has 23 heavy (non-hydrogen) atoms. The molecule has 0 heterocycles. The van der Waals surface area contributed by atoms with Crippen LogP contribution in [0.5, 0.6) is 0 Å². The molecule has 0 fully saturated rings. The predicted octanol–water partition coefficient (Wildman–Crippen LogP) is 1.08. The third-order valence-electron chi connectivity index (χ3n) is 2.02. The lowest BCUT2D eigenvalue weighted by Crippen LogP contribution is -2.30. The van der Waals surface area contributed by atoms with E-state index >= 15 is 0 Å². The smallest absolute Gasteiger partial charge is 0.450 e. The molecule has 0 aromatic rings.